The Hall–Kier alpha value is -8.77. The number of fused-ring (bicyclic) bond motifs is 2. The van der Waals surface area contributed by atoms with Gasteiger partial charge in [0, 0.05) is 102 Å². The average Bonchev–Trinajstić information content (AvgIpc) is 3.44. The van der Waals surface area contributed by atoms with E-state index in [4.69, 9.17) is 21.4 Å². The highest BCUT2D eigenvalue weighted by molar-refractivity contribution is 6.00. The smallest absolute Gasteiger partial charge is 0.251 e. The van der Waals surface area contributed by atoms with Crippen LogP contribution in [0.2, 0.25) is 0 Å². The molecule has 8 aromatic rings. The van der Waals surface area contributed by atoms with Gasteiger partial charge in [-0.05, 0) is 141 Å². The standard InChI is InChI=1S/C64H68N10O2/c1-44-39-58(59(42-55(44)65)71-51-17-9-7-10-18-51)72-52-31-29-50(30-32-52)67-35-13-3-5-15-37-69-63(75)48-25-21-46(22-26-48)47-23-27-49(28-24-47)64(76)70-38-16-6-4-14-36-68-53-33-34-57-61(41-53)74(54-19-11-8-12-20-54)62-43-56(66)45(2)40-60(62)73-57/h7-12,17-31,33-34,39-43,67,71H,3-6,13-16,32,35-38,65H2,1-2H3,(H4,66,68,69,70,75,76)/p+1. The second-order valence-corrected chi connectivity index (χ2v) is 19.5. The summed E-state index contributed by atoms with van der Waals surface area (Å²) in [5.41, 5.74) is 30.1. The Morgan fingerprint density at radius 2 is 1.12 bits per heavy atom. The topological polar surface area (TPSA) is 175 Å². The van der Waals surface area contributed by atoms with E-state index in [9.17, 15) is 9.59 Å². The lowest BCUT2D eigenvalue weighted by Gasteiger charge is -2.15. The summed E-state index contributed by atoms with van der Waals surface area (Å²) in [7, 11) is 0. The molecule has 0 saturated carbocycles. The van der Waals surface area contributed by atoms with Gasteiger partial charge in [0.25, 0.3) is 11.8 Å². The molecular weight excluding hydrogens is 941 g/mol. The average molecular weight is 1010 g/mol. The van der Waals surface area contributed by atoms with Crippen LogP contribution in [0.1, 0.15) is 89.6 Å². The Balaban J connectivity index is 0.628. The van der Waals surface area contributed by atoms with Gasteiger partial charge in [-0.15, -0.1) is 4.57 Å². The lowest BCUT2D eigenvalue weighted by molar-refractivity contribution is -0.538. The van der Waals surface area contributed by atoms with Crippen LogP contribution in [-0.2, 0) is 0 Å². The van der Waals surface area contributed by atoms with Gasteiger partial charge in [-0.3, -0.25) is 14.6 Å². The van der Waals surface area contributed by atoms with E-state index in [1.807, 2.05) is 129 Å². The van der Waals surface area contributed by atoms with Crippen molar-refractivity contribution in [1.29, 1.82) is 0 Å². The lowest BCUT2D eigenvalue weighted by Crippen LogP contribution is -2.33. The summed E-state index contributed by atoms with van der Waals surface area (Å²) in [5.74, 6) is -0.146. The summed E-state index contributed by atoms with van der Waals surface area (Å²) in [4.78, 5) is 35.8. The molecule has 386 valence electrons. The van der Waals surface area contributed by atoms with Crippen LogP contribution in [0.4, 0.5) is 34.1 Å². The van der Waals surface area contributed by atoms with Crippen molar-refractivity contribution < 1.29 is 14.2 Å². The van der Waals surface area contributed by atoms with Crippen LogP contribution in [0.3, 0.4) is 0 Å². The molecule has 0 spiro atoms. The number of nitrogen functional groups attached to an aromatic ring is 2. The number of anilines is 5. The summed E-state index contributed by atoms with van der Waals surface area (Å²) in [6, 6.07) is 50.0. The van der Waals surface area contributed by atoms with Crippen LogP contribution in [0, 0.1) is 13.8 Å². The first-order chi connectivity index (χ1) is 37.1. The third kappa shape index (κ3) is 13.7. The molecule has 0 fully saturated rings. The molecule has 12 nitrogen and oxygen atoms in total. The van der Waals surface area contributed by atoms with E-state index < -0.39 is 0 Å². The first-order valence-corrected chi connectivity index (χ1v) is 26.7. The number of nitrogens with zero attached hydrogens (tertiary/aromatic N) is 3. The molecule has 0 unspecified atom stereocenters. The molecule has 2 amide bonds. The number of aromatic nitrogens is 2. The predicted molar refractivity (Wildman–Crippen MR) is 314 cm³/mol. The number of para-hydroxylation sites is 2. The van der Waals surface area contributed by atoms with Gasteiger partial charge in [-0.2, -0.15) is 0 Å². The molecule has 0 bridgehead atoms. The van der Waals surface area contributed by atoms with Crippen LogP contribution >= 0.6 is 0 Å². The van der Waals surface area contributed by atoms with Crippen LogP contribution < -0.4 is 42.6 Å². The predicted octanol–water partition coefficient (Wildman–Crippen LogP) is 12.8. The van der Waals surface area contributed by atoms with Crippen molar-refractivity contribution in [1.82, 2.24) is 20.9 Å². The zero-order valence-corrected chi connectivity index (χ0v) is 43.7. The highest BCUT2D eigenvalue weighted by Gasteiger charge is 2.21. The molecule has 9 N–H and O–H groups in total. The van der Waals surface area contributed by atoms with Crippen molar-refractivity contribution in [2.45, 2.75) is 71.6 Å². The number of hydrogen-bond acceptors (Lipinski definition) is 9. The Morgan fingerprint density at radius 1 is 0.553 bits per heavy atom. The van der Waals surface area contributed by atoms with Crippen molar-refractivity contribution >= 4 is 73.7 Å². The summed E-state index contributed by atoms with van der Waals surface area (Å²) in [6.45, 7) is 7.02. The van der Waals surface area contributed by atoms with Gasteiger partial charge >= 0.3 is 0 Å². The monoisotopic (exact) mass is 1010 g/mol. The molecule has 0 saturated heterocycles. The van der Waals surface area contributed by atoms with Crippen LogP contribution in [-0.4, -0.2) is 48.7 Å². The zero-order chi connectivity index (χ0) is 52.6. The number of benzene rings is 7. The lowest BCUT2D eigenvalue weighted by atomic mass is 10.0. The third-order valence-electron chi connectivity index (χ3n) is 13.8. The number of allylic oxidation sites excluding steroid dienone is 3. The van der Waals surface area contributed by atoms with Crippen molar-refractivity contribution in [2.24, 2.45) is 4.99 Å². The molecule has 0 atom stereocenters. The molecule has 0 aliphatic heterocycles. The van der Waals surface area contributed by atoms with Crippen LogP contribution in [0.15, 0.2) is 181 Å². The molecule has 1 aromatic heterocycles. The Labute approximate surface area is 446 Å². The fraction of sp³-hybridized carbons (Fsp3) is 0.234. The maximum Gasteiger partial charge on any atom is 0.251 e. The van der Waals surface area contributed by atoms with Gasteiger partial charge in [0.2, 0.25) is 16.7 Å². The van der Waals surface area contributed by atoms with E-state index in [1.54, 1.807) is 0 Å². The van der Waals surface area contributed by atoms with Gasteiger partial charge in [0.1, 0.15) is 11.0 Å². The number of carbonyl (C=O) groups excluding carboxylic acids is 2. The van der Waals surface area contributed by atoms with Gasteiger partial charge in [-0.1, -0.05) is 92.4 Å². The molecule has 1 aliphatic rings. The summed E-state index contributed by atoms with van der Waals surface area (Å²) in [6.07, 6.45) is 15.2. The van der Waals surface area contributed by atoms with E-state index in [1.165, 1.54) is 0 Å². The Bertz CT molecular complexity index is 3390. The Kier molecular flexibility index (Phi) is 17.4. The molecule has 76 heavy (non-hydrogen) atoms. The third-order valence-corrected chi connectivity index (χ3v) is 13.8. The second kappa shape index (κ2) is 25.4. The van der Waals surface area contributed by atoms with Gasteiger partial charge in [0.05, 0.1) is 11.4 Å². The number of nitrogens with one attached hydrogen (secondary N) is 5. The molecule has 1 aliphatic carbocycles. The molecule has 7 aromatic carbocycles. The minimum atomic E-state index is -0.0749. The van der Waals surface area contributed by atoms with Crippen molar-refractivity contribution in [3.8, 4) is 16.8 Å². The summed E-state index contributed by atoms with van der Waals surface area (Å²) >= 11 is 0. The van der Waals surface area contributed by atoms with Crippen molar-refractivity contribution in [2.75, 3.05) is 48.3 Å². The number of nitrogens with two attached hydrogens (primary N) is 2. The van der Waals surface area contributed by atoms with E-state index in [0.29, 0.717) is 24.2 Å². The quantitative estimate of drug-likeness (QED) is 0.0143. The molecule has 9 rings (SSSR count). The Morgan fingerprint density at radius 3 is 1.74 bits per heavy atom. The highest BCUT2D eigenvalue weighted by atomic mass is 16.2. The minimum absolute atomic E-state index is 0.0713. The van der Waals surface area contributed by atoms with E-state index >= 15 is 0 Å². The van der Waals surface area contributed by atoms with E-state index in [2.05, 4.69) is 85.8 Å². The highest BCUT2D eigenvalue weighted by Crippen LogP contribution is 2.34. The second-order valence-electron chi connectivity index (χ2n) is 19.5. The van der Waals surface area contributed by atoms with Gasteiger partial charge in [0.15, 0.2) is 0 Å². The number of aliphatic imine (C=N–C) groups is 1. The molecule has 1 heterocycles. The number of aryl methyl sites for hydroxylation is 2. The largest absolute Gasteiger partial charge is 0.398 e. The first-order valence-electron chi connectivity index (χ1n) is 26.7. The SMILES string of the molecule is Cc1cc(N=C2C=CC(NCCCCCCNC(=O)c3ccc(-c4ccc(C(=O)NCCCCCCNc5ccc6nc7cc(C)c(N)cc7[n+](-c7ccccc7)c6c5)cc4)cc3)=CC2)c(Nc2ccccc2)cc1N. The minimum Gasteiger partial charge on any atom is -0.398 e. The van der Waals surface area contributed by atoms with E-state index in [-0.39, 0.29) is 11.8 Å². The van der Waals surface area contributed by atoms with Crippen LogP contribution in [0.25, 0.3) is 38.9 Å². The molecular formula is C64H69N10O2+. The normalized spacial score (nSPS) is 12.7. The van der Waals surface area contributed by atoms with Gasteiger partial charge < -0.3 is 38.1 Å². The maximum absolute atomic E-state index is 13.0. The molecule has 0 radical (unpaired) electrons. The first kappa shape index (κ1) is 52.1. The maximum atomic E-state index is 13.0. The zero-order valence-electron chi connectivity index (χ0n) is 43.7. The molecule has 12 heteroatoms. The number of unbranched alkanes of at least 4 members (excludes halogenated alkanes) is 6. The summed E-state index contributed by atoms with van der Waals surface area (Å²) in [5, 5.41) is 16.8. The summed E-state index contributed by atoms with van der Waals surface area (Å²) < 4.78 is 2.24. The van der Waals surface area contributed by atoms with Crippen molar-refractivity contribution in [3.63, 3.8) is 0 Å². The van der Waals surface area contributed by atoms with Crippen LogP contribution in [0.5, 0.6) is 0 Å². The number of amides is 2. The number of carbonyl (C=O) groups is 2. The fourth-order valence-electron chi connectivity index (χ4n) is 9.38. The number of hydrogen-bond donors (Lipinski definition) is 7. The number of rotatable bonds is 23. The van der Waals surface area contributed by atoms with Gasteiger partial charge in [-0.25, -0.2) is 4.98 Å². The van der Waals surface area contributed by atoms with Crippen molar-refractivity contribution in [3.05, 3.63) is 198 Å². The van der Waals surface area contributed by atoms with E-state index in [0.717, 1.165) is 166 Å². The fourth-order valence-corrected chi connectivity index (χ4v) is 9.38.